The van der Waals surface area contributed by atoms with Crippen LogP contribution in [-0.4, -0.2) is 29.6 Å². The predicted molar refractivity (Wildman–Crippen MR) is 82.5 cm³/mol. The number of fused-ring (bicyclic) bond motifs is 2. The van der Waals surface area contributed by atoms with E-state index in [0.717, 1.165) is 29.9 Å². The standard InChI is InChI=1S/C18H20N2O2/c1-12-15-8-9-20(2)17(21)18(15,14-6-4-3-5-7-14)10-13-11-19-22-16(12)13/h3-7,11-12,15H,8-10H2,1-2H3/t12-,15-,18+/m0/s1. The molecule has 0 radical (unpaired) electrons. The summed E-state index contributed by atoms with van der Waals surface area (Å²) in [5.41, 5.74) is 1.72. The topological polar surface area (TPSA) is 46.3 Å². The third kappa shape index (κ3) is 1.64. The Morgan fingerprint density at radius 2 is 2.09 bits per heavy atom. The Bertz CT molecular complexity index is 709. The number of carbonyl (C=O) groups is 1. The summed E-state index contributed by atoms with van der Waals surface area (Å²) in [5.74, 6) is 1.67. The molecule has 4 nitrogen and oxygen atoms in total. The Hall–Kier alpha value is -2.10. The van der Waals surface area contributed by atoms with Gasteiger partial charge in [0.1, 0.15) is 5.76 Å². The summed E-state index contributed by atoms with van der Waals surface area (Å²) in [6, 6.07) is 10.2. The molecule has 22 heavy (non-hydrogen) atoms. The van der Waals surface area contributed by atoms with Crippen LogP contribution in [0.4, 0.5) is 0 Å². The number of carbonyl (C=O) groups excluding carboxylic acids is 1. The highest BCUT2D eigenvalue weighted by atomic mass is 16.5. The summed E-state index contributed by atoms with van der Waals surface area (Å²) in [7, 11) is 1.91. The molecule has 1 fully saturated rings. The molecule has 0 saturated carbocycles. The summed E-state index contributed by atoms with van der Waals surface area (Å²) in [6.07, 6.45) is 3.47. The lowest BCUT2D eigenvalue weighted by atomic mass is 9.56. The number of nitrogens with zero attached hydrogens (tertiary/aromatic N) is 2. The lowest BCUT2D eigenvalue weighted by Crippen LogP contribution is -2.59. The number of benzene rings is 1. The van der Waals surface area contributed by atoms with Gasteiger partial charge in [0.25, 0.3) is 0 Å². The molecule has 0 spiro atoms. The average Bonchev–Trinajstić information content (AvgIpc) is 3.01. The molecule has 1 amide bonds. The molecule has 4 heteroatoms. The fourth-order valence-electron chi connectivity index (χ4n) is 4.50. The van der Waals surface area contributed by atoms with Crippen molar-refractivity contribution in [3.63, 3.8) is 0 Å². The number of piperidine rings is 1. The molecular weight excluding hydrogens is 276 g/mol. The number of likely N-dealkylation sites (tertiary alicyclic amines) is 1. The van der Waals surface area contributed by atoms with E-state index in [4.69, 9.17) is 4.52 Å². The molecule has 2 heterocycles. The van der Waals surface area contributed by atoms with E-state index in [2.05, 4.69) is 24.2 Å². The van der Waals surface area contributed by atoms with Crippen molar-refractivity contribution in [3.8, 4) is 0 Å². The van der Waals surface area contributed by atoms with Crippen molar-refractivity contribution < 1.29 is 9.32 Å². The van der Waals surface area contributed by atoms with Crippen molar-refractivity contribution in [2.75, 3.05) is 13.6 Å². The summed E-state index contributed by atoms with van der Waals surface area (Å²) in [5, 5.41) is 3.98. The van der Waals surface area contributed by atoms with E-state index in [9.17, 15) is 4.79 Å². The van der Waals surface area contributed by atoms with Gasteiger partial charge in [-0.25, -0.2) is 0 Å². The van der Waals surface area contributed by atoms with Crippen molar-refractivity contribution in [1.82, 2.24) is 10.1 Å². The minimum Gasteiger partial charge on any atom is -0.361 e. The van der Waals surface area contributed by atoms with Gasteiger partial charge in [-0.3, -0.25) is 4.79 Å². The fourth-order valence-corrected chi connectivity index (χ4v) is 4.50. The van der Waals surface area contributed by atoms with Crippen LogP contribution in [0.1, 0.15) is 36.1 Å². The molecule has 1 aliphatic carbocycles. The van der Waals surface area contributed by atoms with E-state index in [-0.39, 0.29) is 17.7 Å². The molecule has 0 N–H and O–H groups in total. The smallest absolute Gasteiger partial charge is 0.233 e. The first-order valence-corrected chi connectivity index (χ1v) is 7.89. The van der Waals surface area contributed by atoms with E-state index < -0.39 is 5.41 Å². The van der Waals surface area contributed by atoms with Gasteiger partial charge in [0.2, 0.25) is 5.91 Å². The van der Waals surface area contributed by atoms with Gasteiger partial charge in [-0.1, -0.05) is 42.4 Å². The molecule has 2 aliphatic rings. The molecule has 0 unspecified atom stereocenters. The maximum atomic E-state index is 13.2. The first kappa shape index (κ1) is 13.6. The van der Waals surface area contributed by atoms with E-state index in [1.165, 1.54) is 0 Å². The van der Waals surface area contributed by atoms with Gasteiger partial charge < -0.3 is 9.42 Å². The molecule has 4 rings (SSSR count). The van der Waals surface area contributed by atoms with Crippen LogP contribution in [0, 0.1) is 5.92 Å². The number of likely N-dealkylation sites (N-methyl/N-ethyl adjacent to an activating group) is 1. The van der Waals surface area contributed by atoms with Crippen molar-refractivity contribution in [2.45, 2.75) is 31.1 Å². The number of amides is 1. The first-order valence-electron chi connectivity index (χ1n) is 7.89. The second-order valence-corrected chi connectivity index (χ2v) is 6.64. The number of aromatic nitrogens is 1. The van der Waals surface area contributed by atoms with Crippen LogP contribution in [0.3, 0.4) is 0 Å². The van der Waals surface area contributed by atoms with Crippen molar-refractivity contribution in [3.05, 3.63) is 53.4 Å². The predicted octanol–water partition coefficient (Wildman–Crippen LogP) is 2.75. The second kappa shape index (κ2) is 4.70. The van der Waals surface area contributed by atoms with Gasteiger partial charge in [-0.15, -0.1) is 0 Å². The van der Waals surface area contributed by atoms with Crippen molar-refractivity contribution in [2.24, 2.45) is 5.92 Å². The van der Waals surface area contributed by atoms with Gasteiger partial charge in [-0.05, 0) is 24.3 Å². The second-order valence-electron chi connectivity index (χ2n) is 6.64. The highest BCUT2D eigenvalue weighted by molar-refractivity contribution is 5.90. The summed E-state index contributed by atoms with van der Waals surface area (Å²) < 4.78 is 5.49. The van der Waals surface area contributed by atoms with Gasteiger partial charge in [0.05, 0.1) is 11.6 Å². The molecule has 3 atom stereocenters. The third-order valence-electron chi connectivity index (χ3n) is 5.59. The van der Waals surface area contributed by atoms with Gasteiger partial charge >= 0.3 is 0 Å². The Morgan fingerprint density at radius 3 is 2.86 bits per heavy atom. The zero-order chi connectivity index (χ0) is 15.3. The zero-order valence-corrected chi connectivity index (χ0v) is 13.0. The summed E-state index contributed by atoms with van der Waals surface area (Å²) in [4.78, 5) is 15.1. The SMILES string of the molecule is C[C@@H]1c2oncc2C[C@]2(c3ccccc3)C(=O)N(C)CC[C@@H]12. The largest absolute Gasteiger partial charge is 0.361 e. The van der Waals surface area contributed by atoms with Crippen LogP contribution in [0.25, 0.3) is 0 Å². The maximum absolute atomic E-state index is 13.2. The Kier molecular flexibility index (Phi) is 2.90. The monoisotopic (exact) mass is 296 g/mol. The molecular formula is C18H20N2O2. The average molecular weight is 296 g/mol. The lowest BCUT2D eigenvalue weighted by molar-refractivity contribution is -0.144. The molecule has 2 aromatic rings. The van der Waals surface area contributed by atoms with Crippen LogP contribution in [0.5, 0.6) is 0 Å². The number of rotatable bonds is 1. The minimum atomic E-state index is -0.480. The van der Waals surface area contributed by atoms with E-state index >= 15 is 0 Å². The number of hydrogen-bond donors (Lipinski definition) is 0. The highest BCUT2D eigenvalue weighted by Gasteiger charge is 2.56. The highest BCUT2D eigenvalue weighted by Crippen LogP contribution is 2.52. The fraction of sp³-hybridized carbons (Fsp3) is 0.444. The third-order valence-corrected chi connectivity index (χ3v) is 5.59. The minimum absolute atomic E-state index is 0.212. The normalized spacial score (nSPS) is 30.8. The Labute approximate surface area is 130 Å². The van der Waals surface area contributed by atoms with Crippen molar-refractivity contribution in [1.29, 1.82) is 0 Å². The summed E-state index contributed by atoms with van der Waals surface area (Å²) in [6.45, 7) is 2.98. The van der Waals surface area contributed by atoms with Crippen LogP contribution in [0.2, 0.25) is 0 Å². The van der Waals surface area contributed by atoms with Gasteiger partial charge in [-0.2, -0.15) is 0 Å². The van der Waals surface area contributed by atoms with Crippen molar-refractivity contribution >= 4 is 5.91 Å². The quantitative estimate of drug-likeness (QED) is 0.813. The van der Waals surface area contributed by atoms with Crippen LogP contribution >= 0.6 is 0 Å². The zero-order valence-electron chi connectivity index (χ0n) is 13.0. The van der Waals surface area contributed by atoms with Crippen LogP contribution in [-0.2, 0) is 16.6 Å². The molecule has 1 aromatic carbocycles. The van der Waals surface area contributed by atoms with Crippen LogP contribution in [0.15, 0.2) is 41.1 Å². The maximum Gasteiger partial charge on any atom is 0.233 e. The van der Waals surface area contributed by atoms with Gasteiger partial charge in [0.15, 0.2) is 0 Å². The number of hydrogen-bond acceptors (Lipinski definition) is 3. The molecule has 1 saturated heterocycles. The Morgan fingerprint density at radius 1 is 1.32 bits per heavy atom. The molecule has 114 valence electrons. The van der Waals surface area contributed by atoms with E-state index in [1.54, 1.807) is 6.20 Å². The first-order chi connectivity index (χ1) is 10.6. The Balaban J connectivity index is 1.94. The van der Waals surface area contributed by atoms with Crippen LogP contribution < -0.4 is 0 Å². The van der Waals surface area contributed by atoms with E-state index in [1.807, 2.05) is 30.1 Å². The van der Waals surface area contributed by atoms with E-state index in [0.29, 0.717) is 6.42 Å². The van der Waals surface area contributed by atoms with Gasteiger partial charge in [0, 0.05) is 25.1 Å². The lowest BCUT2D eigenvalue weighted by Gasteiger charge is -2.50. The molecule has 1 aliphatic heterocycles. The molecule has 1 aromatic heterocycles. The molecule has 0 bridgehead atoms. The summed E-state index contributed by atoms with van der Waals surface area (Å²) >= 11 is 0.